The Balaban J connectivity index is 1.21. The highest BCUT2D eigenvalue weighted by Gasteiger charge is 2.13. The zero-order valence-electron chi connectivity index (χ0n) is 20.6. The number of halogens is 1. The Bertz CT molecular complexity index is 1550. The van der Waals surface area contributed by atoms with Crippen molar-refractivity contribution in [1.29, 1.82) is 0 Å². The molecule has 38 heavy (non-hydrogen) atoms. The molecule has 0 radical (unpaired) electrons. The third kappa shape index (κ3) is 5.60. The fraction of sp³-hybridized carbons (Fsp3) is 0.214. The number of morpholine rings is 1. The number of ether oxygens (including phenoxy) is 1. The molecule has 0 atom stereocenters. The van der Waals surface area contributed by atoms with Gasteiger partial charge in [-0.25, -0.2) is 0 Å². The summed E-state index contributed by atoms with van der Waals surface area (Å²) in [6, 6.07) is 18.1. The summed E-state index contributed by atoms with van der Waals surface area (Å²) in [5.41, 5.74) is 5.41. The van der Waals surface area contributed by atoms with Gasteiger partial charge in [-0.05, 0) is 48.0 Å². The van der Waals surface area contributed by atoms with Crippen molar-refractivity contribution in [3.63, 3.8) is 0 Å². The highest BCUT2D eigenvalue weighted by Crippen LogP contribution is 2.31. The van der Waals surface area contributed by atoms with E-state index < -0.39 is 0 Å². The average Bonchev–Trinajstić information content (AvgIpc) is 3.43. The summed E-state index contributed by atoms with van der Waals surface area (Å²) in [6.07, 6.45) is 5.34. The Hall–Kier alpha value is -4.05. The molecular weight excluding hydrogens is 502 g/mol. The third-order valence-electron chi connectivity index (χ3n) is 6.40. The molecule has 192 valence electrons. The van der Waals surface area contributed by atoms with Gasteiger partial charge in [0.05, 0.1) is 24.3 Å². The van der Waals surface area contributed by atoms with Crippen molar-refractivity contribution in [2.75, 3.05) is 50.0 Å². The second-order valence-electron chi connectivity index (χ2n) is 8.98. The number of nitrogens with one attached hydrogen (secondary N) is 2. The third-order valence-corrected chi connectivity index (χ3v) is 6.63. The summed E-state index contributed by atoms with van der Waals surface area (Å²) in [6.45, 7) is 5.05. The summed E-state index contributed by atoms with van der Waals surface area (Å²) in [4.78, 5) is 11.3. The fourth-order valence-electron chi connectivity index (χ4n) is 4.43. The molecule has 0 amide bonds. The van der Waals surface area contributed by atoms with Crippen molar-refractivity contribution >= 4 is 39.9 Å². The lowest BCUT2D eigenvalue weighted by atomic mass is 10.0. The maximum atomic E-state index is 6.17. The molecule has 2 aromatic carbocycles. The van der Waals surface area contributed by atoms with Crippen LogP contribution in [-0.4, -0.2) is 64.5 Å². The Morgan fingerprint density at radius 1 is 0.921 bits per heavy atom. The first-order valence-corrected chi connectivity index (χ1v) is 12.8. The number of anilines is 3. The fourth-order valence-corrected chi connectivity index (χ4v) is 4.62. The molecule has 3 aromatic heterocycles. The Morgan fingerprint density at radius 3 is 2.71 bits per heavy atom. The maximum absolute atomic E-state index is 6.17. The van der Waals surface area contributed by atoms with E-state index in [9.17, 15) is 0 Å². The molecule has 0 bridgehead atoms. The van der Waals surface area contributed by atoms with Crippen molar-refractivity contribution in [2.24, 2.45) is 0 Å². The lowest BCUT2D eigenvalue weighted by molar-refractivity contribution is 0.0398. The lowest BCUT2D eigenvalue weighted by Crippen LogP contribution is -2.39. The minimum Gasteiger partial charge on any atom is -0.403 e. The van der Waals surface area contributed by atoms with Crippen molar-refractivity contribution in [3.8, 4) is 22.6 Å². The van der Waals surface area contributed by atoms with Gasteiger partial charge in [-0.3, -0.25) is 14.9 Å². The van der Waals surface area contributed by atoms with Crippen LogP contribution in [-0.2, 0) is 4.74 Å². The van der Waals surface area contributed by atoms with Crippen LogP contribution in [0.15, 0.2) is 77.6 Å². The minimum absolute atomic E-state index is 0.396. The predicted octanol–water partition coefficient (Wildman–Crippen LogP) is 5.49. The zero-order chi connectivity index (χ0) is 25.7. The second kappa shape index (κ2) is 11.1. The smallest absolute Gasteiger partial charge is 0.315 e. The zero-order valence-corrected chi connectivity index (χ0v) is 21.4. The van der Waals surface area contributed by atoms with Crippen LogP contribution in [0.25, 0.3) is 33.5 Å². The summed E-state index contributed by atoms with van der Waals surface area (Å²) in [5.74, 6) is 0.416. The summed E-state index contributed by atoms with van der Waals surface area (Å²) in [7, 11) is 0. The van der Waals surface area contributed by atoms with Crippen LogP contribution in [0.5, 0.6) is 0 Å². The van der Waals surface area contributed by atoms with Gasteiger partial charge in [0.15, 0.2) is 0 Å². The topological polar surface area (TPSA) is 101 Å². The van der Waals surface area contributed by atoms with Crippen LogP contribution in [0.3, 0.4) is 0 Å². The van der Waals surface area contributed by atoms with E-state index in [0.717, 1.165) is 78.4 Å². The first-order chi connectivity index (χ1) is 18.7. The number of rotatable bonds is 8. The molecule has 0 aliphatic carbocycles. The largest absolute Gasteiger partial charge is 0.403 e. The van der Waals surface area contributed by atoms with Crippen LogP contribution in [0.2, 0.25) is 5.02 Å². The molecule has 9 nitrogen and oxygen atoms in total. The Labute approximate surface area is 224 Å². The van der Waals surface area contributed by atoms with Gasteiger partial charge < -0.3 is 19.8 Å². The van der Waals surface area contributed by atoms with Gasteiger partial charge in [0.1, 0.15) is 0 Å². The van der Waals surface area contributed by atoms with Crippen LogP contribution in [0.4, 0.5) is 17.4 Å². The molecule has 6 rings (SSSR count). The summed E-state index contributed by atoms with van der Waals surface area (Å²) >= 11 is 6.17. The van der Waals surface area contributed by atoms with E-state index in [1.807, 2.05) is 54.7 Å². The number of fused-ring (bicyclic) bond motifs is 1. The number of hydrogen-bond donors (Lipinski definition) is 2. The molecule has 0 unspecified atom stereocenters. The lowest BCUT2D eigenvalue weighted by Gasteiger charge is -2.26. The van der Waals surface area contributed by atoms with E-state index in [0.29, 0.717) is 16.9 Å². The van der Waals surface area contributed by atoms with E-state index in [2.05, 4.69) is 41.8 Å². The average molecular weight is 528 g/mol. The SMILES string of the molecule is Clc1cccc(Nc2ccnc3ccc(-c4cncc(-c5nnc(NCCN6CCOCC6)o5)c4)cc23)c1. The van der Waals surface area contributed by atoms with Crippen molar-refractivity contribution < 1.29 is 9.15 Å². The molecule has 1 fully saturated rings. The van der Waals surface area contributed by atoms with E-state index in [-0.39, 0.29) is 0 Å². The molecule has 0 spiro atoms. The molecule has 4 heterocycles. The number of nitrogens with zero attached hydrogens (tertiary/aromatic N) is 5. The molecule has 5 aromatic rings. The quantitative estimate of drug-likeness (QED) is 0.271. The molecule has 10 heteroatoms. The van der Waals surface area contributed by atoms with E-state index in [4.69, 9.17) is 20.8 Å². The van der Waals surface area contributed by atoms with Gasteiger partial charge in [0, 0.05) is 72.1 Å². The van der Waals surface area contributed by atoms with Gasteiger partial charge in [-0.15, -0.1) is 5.10 Å². The van der Waals surface area contributed by atoms with E-state index in [1.165, 1.54) is 0 Å². The van der Waals surface area contributed by atoms with Gasteiger partial charge in [-0.1, -0.05) is 28.8 Å². The highest BCUT2D eigenvalue weighted by atomic mass is 35.5. The molecular formula is C28H26ClN7O2. The molecule has 1 saturated heterocycles. The number of pyridine rings is 2. The predicted molar refractivity (Wildman–Crippen MR) is 149 cm³/mol. The van der Waals surface area contributed by atoms with Gasteiger partial charge >= 0.3 is 6.01 Å². The summed E-state index contributed by atoms with van der Waals surface area (Å²) in [5, 5.41) is 16.7. The Kier molecular flexibility index (Phi) is 7.12. The summed E-state index contributed by atoms with van der Waals surface area (Å²) < 4.78 is 11.3. The van der Waals surface area contributed by atoms with E-state index in [1.54, 1.807) is 12.4 Å². The Morgan fingerprint density at radius 2 is 1.82 bits per heavy atom. The number of hydrogen-bond acceptors (Lipinski definition) is 9. The molecule has 1 aliphatic rings. The minimum atomic E-state index is 0.396. The number of benzene rings is 2. The van der Waals surface area contributed by atoms with Crippen molar-refractivity contribution in [2.45, 2.75) is 0 Å². The van der Waals surface area contributed by atoms with Crippen molar-refractivity contribution in [3.05, 3.63) is 78.2 Å². The van der Waals surface area contributed by atoms with Gasteiger partial charge in [-0.2, -0.15) is 0 Å². The second-order valence-corrected chi connectivity index (χ2v) is 9.42. The molecule has 0 saturated carbocycles. The first-order valence-electron chi connectivity index (χ1n) is 12.5. The van der Waals surface area contributed by atoms with Gasteiger partial charge in [0.25, 0.3) is 5.89 Å². The van der Waals surface area contributed by atoms with Crippen LogP contribution >= 0.6 is 11.6 Å². The standard InChI is InChI=1S/C28H26ClN7O2/c29-22-2-1-3-23(16-22)33-26-6-7-31-25-5-4-19(15-24(25)26)20-14-21(18-30-17-20)27-34-35-28(38-27)32-8-9-36-10-12-37-13-11-36/h1-7,14-18H,8-13H2,(H,31,33)(H,32,35). The first kappa shape index (κ1) is 24.3. The van der Waals surface area contributed by atoms with Gasteiger partial charge in [0.2, 0.25) is 0 Å². The van der Waals surface area contributed by atoms with Crippen LogP contribution in [0, 0.1) is 0 Å². The van der Waals surface area contributed by atoms with Crippen molar-refractivity contribution in [1.82, 2.24) is 25.1 Å². The molecule has 2 N–H and O–H groups in total. The highest BCUT2D eigenvalue weighted by molar-refractivity contribution is 6.30. The maximum Gasteiger partial charge on any atom is 0.315 e. The number of aromatic nitrogens is 4. The molecule has 1 aliphatic heterocycles. The van der Waals surface area contributed by atoms with Crippen LogP contribution in [0.1, 0.15) is 0 Å². The monoisotopic (exact) mass is 527 g/mol. The normalized spacial score (nSPS) is 14.0. The van der Waals surface area contributed by atoms with E-state index >= 15 is 0 Å². The van der Waals surface area contributed by atoms with Crippen LogP contribution < -0.4 is 10.6 Å².